The maximum absolute atomic E-state index is 13.5. The second-order valence-corrected chi connectivity index (χ2v) is 12.0. The summed E-state index contributed by atoms with van der Waals surface area (Å²) in [6.07, 6.45) is 7.35. The molecule has 0 aromatic heterocycles. The minimum absolute atomic E-state index is 0.0776. The number of nitrogens with zero attached hydrogens (tertiary/aromatic N) is 2. The molecule has 0 amide bonds. The zero-order valence-electron chi connectivity index (χ0n) is 26.3. The fraction of sp³-hybridized carbons (Fsp3) is 0.128. The number of aryl methyl sites for hydroxylation is 1. The van der Waals surface area contributed by atoms with Crippen LogP contribution < -0.4 is 4.90 Å². The van der Waals surface area contributed by atoms with Crippen molar-refractivity contribution in [2.24, 2.45) is 5.16 Å². The number of hydrogen-bond donors (Lipinski definition) is 0. The number of ketones is 2. The van der Waals surface area contributed by atoms with E-state index in [0.29, 0.717) is 40.4 Å². The van der Waals surface area contributed by atoms with Crippen molar-refractivity contribution in [1.29, 1.82) is 0 Å². The number of benzene rings is 4. The summed E-state index contributed by atoms with van der Waals surface area (Å²) in [6, 6.07) is 32.0. The third-order valence-electron chi connectivity index (χ3n) is 7.01. The molecule has 4 rings (SSSR count). The number of carbonyl (C=O) groups excluding carboxylic acids is 3. The summed E-state index contributed by atoms with van der Waals surface area (Å²) in [4.78, 5) is 46.2. The summed E-state index contributed by atoms with van der Waals surface area (Å²) >= 11 is 7.53. The Morgan fingerprint density at radius 3 is 2.19 bits per heavy atom. The molecule has 0 bridgehead atoms. The van der Waals surface area contributed by atoms with Gasteiger partial charge in [-0.05, 0) is 73.2 Å². The van der Waals surface area contributed by atoms with Crippen molar-refractivity contribution in [1.82, 2.24) is 0 Å². The number of Topliss-reactive ketones (excluding diaryl/α,β-unsaturated/α-hetero) is 2. The predicted octanol–water partition coefficient (Wildman–Crippen LogP) is 9.62. The Labute approximate surface area is 285 Å². The van der Waals surface area contributed by atoms with Crippen LogP contribution in [0.15, 0.2) is 150 Å². The highest BCUT2D eigenvalue weighted by Crippen LogP contribution is 2.27. The Morgan fingerprint density at radius 1 is 0.872 bits per heavy atom. The zero-order valence-corrected chi connectivity index (χ0v) is 27.8. The minimum Gasteiger partial charge on any atom is -0.338 e. The van der Waals surface area contributed by atoms with E-state index in [4.69, 9.17) is 16.4 Å². The summed E-state index contributed by atoms with van der Waals surface area (Å²) in [5.41, 5.74) is 4.42. The van der Waals surface area contributed by atoms with Crippen molar-refractivity contribution in [3.63, 3.8) is 0 Å². The zero-order chi connectivity index (χ0) is 33.6. The van der Waals surface area contributed by atoms with Crippen LogP contribution in [0.25, 0.3) is 0 Å². The van der Waals surface area contributed by atoms with Crippen molar-refractivity contribution in [3.8, 4) is 0 Å². The van der Waals surface area contributed by atoms with Gasteiger partial charge in [0.15, 0.2) is 5.78 Å². The molecule has 0 aliphatic carbocycles. The smallest absolute Gasteiger partial charge is 0.331 e. The molecule has 0 unspecified atom stereocenters. The average Bonchev–Trinajstić information content (AvgIpc) is 3.08. The molecule has 238 valence electrons. The van der Waals surface area contributed by atoms with Gasteiger partial charge in [0.25, 0.3) is 0 Å². The Morgan fingerprint density at radius 2 is 1.53 bits per heavy atom. The van der Waals surface area contributed by atoms with Gasteiger partial charge in [0.05, 0.1) is 0 Å². The molecule has 0 saturated carbocycles. The second kappa shape index (κ2) is 17.6. The Hall–Kier alpha value is -4.98. The highest BCUT2D eigenvalue weighted by atomic mass is 35.5. The van der Waals surface area contributed by atoms with Crippen LogP contribution in [0, 0.1) is 6.92 Å². The molecular formula is C39H35ClN2O4S. The number of halogens is 1. The van der Waals surface area contributed by atoms with E-state index < -0.39 is 5.97 Å². The van der Waals surface area contributed by atoms with Gasteiger partial charge < -0.3 is 9.74 Å². The van der Waals surface area contributed by atoms with E-state index in [-0.39, 0.29) is 17.3 Å². The fourth-order valence-electron chi connectivity index (χ4n) is 4.65. The summed E-state index contributed by atoms with van der Waals surface area (Å²) < 4.78 is 0. The molecule has 0 aliphatic heterocycles. The summed E-state index contributed by atoms with van der Waals surface area (Å²) in [6.45, 7) is 7.40. The largest absolute Gasteiger partial charge is 0.338 e. The molecular weight excluding hydrogens is 628 g/mol. The molecule has 47 heavy (non-hydrogen) atoms. The maximum atomic E-state index is 13.5. The number of para-hydroxylation sites is 1. The number of rotatable bonds is 15. The van der Waals surface area contributed by atoms with Gasteiger partial charge in [-0.3, -0.25) is 9.59 Å². The molecule has 4 aromatic rings. The normalized spacial score (nSPS) is 11.7. The first-order chi connectivity index (χ1) is 22.8. The molecule has 0 N–H and O–H groups in total. The van der Waals surface area contributed by atoms with Crippen molar-refractivity contribution >= 4 is 58.0 Å². The van der Waals surface area contributed by atoms with E-state index in [1.54, 1.807) is 48.2 Å². The van der Waals surface area contributed by atoms with Crippen molar-refractivity contribution in [2.75, 3.05) is 17.2 Å². The third-order valence-corrected chi connectivity index (χ3v) is 8.28. The van der Waals surface area contributed by atoms with E-state index in [1.807, 2.05) is 97.9 Å². The number of oxime groups is 1. The molecule has 0 spiro atoms. The highest BCUT2D eigenvalue weighted by Gasteiger charge is 2.18. The first-order valence-corrected chi connectivity index (χ1v) is 16.3. The SMILES string of the molecule is C=C/C=C(\C=C/CN(c1ccccc1)c1ccc(C(=O)/C(CCSc2ccc(Cl)cc2)=N/OC(C)=O)cc1)C(=O)c1ccccc1C. The summed E-state index contributed by atoms with van der Waals surface area (Å²) in [5, 5.41) is 4.53. The quantitative estimate of drug-likeness (QED) is 0.0240. The number of hydrogen-bond acceptors (Lipinski definition) is 7. The van der Waals surface area contributed by atoms with Crippen molar-refractivity contribution in [2.45, 2.75) is 25.2 Å². The van der Waals surface area contributed by atoms with Crippen molar-refractivity contribution in [3.05, 3.63) is 161 Å². The van der Waals surface area contributed by atoms with Crippen LogP contribution in [-0.2, 0) is 9.63 Å². The Balaban J connectivity index is 1.53. The molecule has 4 aromatic carbocycles. The van der Waals surface area contributed by atoms with E-state index in [0.717, 1.165) is 21.8 Å². The van der Waals surface area contributed by atoms with Gasteiger partial charge in [-0.1, -0.05) is 90.1 Å². The van der Waals surface area contributed by atoms with Crippen LogP contribution in [0.3, 0.4) is 0 Å². The number of allylic oxidation sites excluding steroid dienone is 4. The van der Waals surface area contributed by atoms with E-state index in [9.17, 15) is 14.4 Å². The number of thioether (sulfide) groups is 1. The molecule has 0 fully saturated rings. The third kappa shape index (κ3) is 10.3. The molecule has 8 heteroatoms. The molecule has 6 nitrogen and oxygen atoms in total. The highest BCUT2D eigenvalue weighted by molar-refractivity contribution is 7.99. The predicted molar refractivity (Wildman–Crippen MR) is 193 cm³/mol. The van der Waals surface area contributed by atoms with Crippen LogP contribution in [0.2, 0.25) is 5.02 Å². The first-order valence-electron chi connectivity index (χ1n) is 15.0. The van der Waals surface area contributed by atoms with Gasteiger partial charge in [0.1, 0.15) is 5.71 Å². The maximum Gasteiger partial charge on any atom is 0.331 e. The number of anilines is 2. The van der Waals surface area contributed by atoms with Gasteiger partial charge in [0, 0.05) is 63.6 Å². The Kier molecular flexibility index (Phi) is 13.1. The van der Waals surface area contributed by atoms with Gasteiger partial charge in [-0.2, -0.15) is 0 Å². The van der Waals surface area contributed by atoms with Crippen LogP contribution in [-0.4, -0.2) is 35.5 Å². The van der Waals surface area contributed by atoms with Crippen molar-refractivity contribution < 1.29 is 19.2 Å². The lowest BCUT2D eigenvalue weighted by molar-refractivity contribution is -0.140. The summed E-state index contributed by atoms with van der Waals surface area (Å²) in [5.74, 6) is -0.455. The van der Waals surface area contributed by atoms with E-state index >= 15 is 0 Å². The van der Waals surface area contributed by atoms with Crippen LogP contribution in [0.4, 0.5) is 11.4 Å². The van der Waals surface area contributed by atoms with Gasteiger partial charge >= 0.3 is 5.97 Å². The molecule has 0 atom stereocenters. The van der Waals surface area contributed by atoms with E-state index in [1.165, 1.54) is 6.92 Å². The lowest BCUT2D eigenvalue weighted by Gasteiger charge is -2.24. The number of carbonyl (C=O) groups is 3. The van der Waals surface area contributed by atoms with E-state index in [2.05, 4.69) is 16.6 Å². The minimum atomic E-state index is -0.603. The second-order valence-electron chi connectivity index (χ2n) is 10.4. The lowest BCUT2D eigenvalue weighted by atomic mass is 9.98. The summed E-state index contributed by atoms with van der Waals surface area (Å²) in [7, 11) is 0. The molecule has 0 heterocycles. The first kappa shape index (κ1) is 34.9. The molecule has 0 aliphatic rings. The van der Waals surface area contributed by atoms with Crippen LogP contribution in [0.1, 0.15) is 39.6 Å². The van der Waals surface area contributed by atoms with Gasteiger partial charge in [-0.15, -0.1) is 11.8 Å². The topological polar surface area (TPSA) is 76.0 Å². The molecule has 0 radical (unpaired) electrons. The molecule has 0 saturated heterocycles. The van der Waals surface area contributed by atoms with Crippen LogP contribution in [0.5, 0.6) is 0 Å². The van der Waals surface area contributed by atoms with Gasteiger partial charge in [0.2, 0.25) is 5.78 Å². The lowest BCUT2D eigenvalue weighted by Crippen LogP contribution is -2.19. The van der Waals surface area contributed by atoms with Crippen LogP contribution >= 0.6 is 23.4 Å². The fourth-order valence-corrected chi connectivity index (χ4v) is 5.63. The standard InChI is InChI=1S/C39H35ClN2O4S/c1-4-11-30(38(44)36-16-9-8-12-28(36)2)13-10-26-42(33-14-6-5-7-15-33)34-21-17-31(18-22-34)39(45)37(41-46-29(3)43)25-27-47-35-23-19-32(40)20-24-35/h4-24H,1,25-27H2,2-3H3/b13-10-,30-11+,41-37+. The Bertz CT molecular complexity index is 1800. The van der Waals surface area contributed by atoms with Gasteiger partial charge in [-0.25, -0.2) is 4.79 Å². The average molecular weight is 663 g/mol. The monoisotopic (exact) mass is 662 g/mol.